The molecule has 1 amide bonds. The monoisotopic (exact) mass is 374 g/mol. The maximum Gasteiger partial charge on any atom is 0.471 e. The maximum absolute atomic E-state index is 13.0. The number of hydrogen-bond acceptors (Lipinski definition) is 2. The molecule has 3 aromatic rings. The Morgan fingerprint density at radius 2 is 1.74 bits per heavy atom. The third-order valence-electron chi connectivity index (χ3n) is 4.19. The Morgan fingerprint density at radius 1 is 1.04 bits per heavy atom. The molecule has 27 heavy (non-hydrogen) atoms. The van der Waals surface area contributed by atoms with E-state index >= 15 is 0 Å². The number of alkyl halides is 3. The molecule has 1 N–H and O–H groups in total. The minimum atomic E-state index is -5.02. The molecular formula is C20H17F3N2O2. The predicted molar refractivity (Wildman–Crippen MR) is 96.1 cm³/mol. The summed E-state index contributed by atoms with van der Waals surface area (Å²) in [4.78, 5) is 27.5. The van der Waals surface area contributed by atoms with Gasteiger partial charge >= 0.3 is 12.1 Å². The highest BCUT2D eigenvalue weighted by molar-refractivity contribution is 5.82. The van der Waals surface area contributed by atoms with E-state index < -0.39 is 24.2 Å². The van der Waals surface area contributed by atoms with Gasteiger partial charge in [0.1, 0.15) is 0 Å². The Balaban J connectivity index is 1.97. The molecule has 3 rings (SSSR count). The van der Waals surface area contributed by atoms with E-state index in [-0.39, 0.29) is 12.1 Å². The van der Waals surface area contributed by atoms with Crippen molar-refractivity contribution in [1.82, 2.24) is 9.88 Å². The van der Waals surface area contributed by atoms with Crippen molar-refractivity contribution >= 4 is 16.8 Å². The highest BCUT2D eigenvalue weighted by Gasteiger charge is 2.42. The van der Waals surface area contributed by atoms with E-state index in [1.807, 2.05) is 13.0 Å². The molecule has 1 heterocycles. The molecule has 0 atom stereocenters. The first-order valence-corrected chi connectivity index (χ1v) is 8.26. The Labute approximate surface area is 153 Å². The van der Waals surface area contributed by atoms with Crippen LogP contribution in [0.5, 0.6) is 0 Å². The fourth-order valence-corrected chi connectivity index (χ4v) is 2.87. The van der Waals surface area contributed by atoms with E-state index in [1.54, 1.807) is 42.5 Å². The molecule has 0 saturated carbocycles. The van der Waals surface area contributed by atoms with Crippen LogP contribution < -0.4 is 5.56 Å². The molecule has 0 saturated heterocycles. The lowest BCUT2D eigenvalue weighted by molar-refractivity contribution is -0.186. The highest BCUT2D eigenvalue weighted by Crippen LogP contribution is 2.22. The number of nitrogens with zero attached hydrogens (tertiary/aromatic N) is 1. The van der Waals surface area contributed by atoms with Gasteiger partial charge in [-0.05, 0) is 35.6 Å². The first-order chi connectivity index (χ1) is 12.7. The van der Waals surface area contributed by atoms with E-state index in [1.165, 1.54) is 6.07 Å². The first kappa shape index (κ1) is 18.7. The largest absolute Gasteiger partial charge is 0.471 e. The van der Waals surface area contributed by atoms with Gasteiger partial charge in [0.15, 0.2) is 0 Å². The minimum Gasteiger partial charge on any atom is -0.326 e. The summed E-state index contributed by atoms with van der Waals surface area (Å²) in [5, 5.41) is 0.689. The zero-order valence-corrected chi connectivity index (χ0v) is 14.5. The minimum absolute atomic E-state index is 0.0971. The van der Waals surface area contributed by atoms with Gasteiger partial charge in [-0.15, -0.1) is 0 Å². The third kappa shape index (κ3) is 4.36. The Hall–Kier alpha value is -3.09. The van der Waals surface area contributed by atoms with E-state index in [0.29, 0.717) is 21.4 Å². The summed E-state index contributed by atoms with van der Waals surface area (Å²) in [6, 6.07) is 15.3. The van der Waals surface area contributed by atoms with Gasteiger partial charge in [-0.3, -0.25) is 9.59 Å². The molecule has 0 unspecified atom stereocenters. The normalized spacial score (nSPS) is 11.6. The second kappa shape index (κ2) is 7.26. The van der Waals surface area contributed by atoms with E-state index in [2.05, 4.69) is 4.98 Å². The maximum atomic E-state index is 13.0. The summed E-state index contributed by atoms with van der Waals surface area (Å²) in [7, 11) is 0. The topological polar surface area (TPSA) is 53.2 Å². The van der Waals surface area contributed by atoms with Gasteiger partial charge in [0, 0.05) is 17.6 Å². The Morgan fingerprint density at radius 3 is 2.41 bits per heavy atom. The number of aromatic amines is 1. The van der Waals surface area contributed by atoms with Crippen LogP contribution in [0.25, 0.3) is 10.9 Å². The van der Waals surface area contributed by atoms with Gasteiger partial charge in [-0.1, -0.05) is 42.5 Å². The predicted octanol–water partition coefficient (Wildman–Crippen LogP) is 3.93. The van der Waals surface area contributed by atoms with Gasteiger partial charge in [0.2, 0.25) is 0 Å². The molecular weight excluding hydrogens is 357 g/mol. The van der Waals surface area contributed by atoms with Gasteiger partial charge in [-0.2, -0.15) is 13.2 Å². The number of aromatic nitrogens is 1. The summed E-state index contributed by atoms with van der Waals surface area (Å²) < 4.78 is 39.1. The lowest BCUT2D eigenvalue weighted by Gasteiger charge is -2.24. The quantitative estimate of drug-likeness (QED) is 0.752. The zero-order chi connectivity index (χ0) is 19.6. The molecule has 2 aromatic carbocycles. The number of carbonyl (C=O) groups is 1. The molecule has 0 aliphatic rings. The highest BCUT2D eigenvalue weighted by atomic mass is 19.4. The van der Waals surface area contributed by atoms with Crippen LogP contribution in [-0.2, 0) is 17.9 Å². The number of nitrogens with one attached hydrogen (secondary N) is 1. The van der Waals surface area contributed by atoms with Crippen molar-refractivity contribution in [3.05, 3.63) is 81.6 Å². The number of aryl methyl sites for hydroxylation is 1. The SMILES string of the molecule is Cc1ccc2cc(CN(Cc3ccccc3)C(=O)C(F)(F)F)c(=O)[nH]c2c1. The Kier molecular flexibility index (Phi) is 5.03. The summed E-state index contributed by atoms with van der Waals surface area (Å²) in [6.45, 7) is 1.19. The fourth-order valence-electron chi connectivity index (χ4n) is 2.87. The smallest absolute Gasteiger partial charge is 0.326 e. The number of carbonyl (C=O) groups excluding carboxylic acids is 1. The van der Waals surface area contributed by atoms with Crippen LogP contribution in [0.4, 0.5) is 13.2 Å². The van der Waals surface area contributed by atoms with Gasteiger partial charge < -0.3 is 9.88 Å². The molecule has 0 aliphatic heterocycles. The average molecular weight is 374 g/mol. The summed E-state index contributed by atoms with van der Waals surface area (Å²) in [5.74, 6) is -1.98. The molecule has 0 bridgehead atoms. The van der Waals surface area contributed by atoms with Gasteiger partial charge in [0.25, 0.3) is 5.56 Å². The van der Waals surface area contributed by atoms with E-state index in [9.17, 15) is 22.8 Å². The number of pyridine rings is 1. The van der Waals surface area contributed by atoms with Crippen molar-refractivity contribution in [2.75, 3.05) is 0 Å². The second-order valence-corrected chi connectivity index (χ2v) is 6.36. The van der Waals surface area contributed by atoms with E-state index in [0.717, 1.165) is 5.56 Å². The number of halogens is 3. The molecule has 0 fully saturated rings. The van der Waals surface area contributed by atoms with Crippen LogP contribution in [0.2, 0.25) is 0 Å². The molecule has 4 nitrogen and oxygen atoms in total. The van der Waals surface area contributed by atoms with Crippen molar-refractivity contribution in [3.63, 3.8) is 0 Å². The van der Waals surface area contributed by atoms with Gasteiger partial charge in [0.05, 0.1) is 6.54 Å². The van der Waals surface area contributed by atoms with Crippen molar-refractivity contribution in [2.45, 2.75) is 26.2 Å². The zero-order valence-electron chi connectivity index (χ0n) is 14.5. The molecule has 0 radical (unpaired) electrons. The molecule has 1 aromatic heterocycles. The average Bonchev–Trinajstić information content (AvgIpc) is 2.61. The third-order valence-corrected chi connectivity index (χ3v) is 4.19. The van der Waals surface area contributed by atoms with Crippen LogP contribution in [0.1, 0.15) is 16.7 Å². The van der Waals surface area contributed by atoms with Crippen LogP contribution in [-0.4, -0.2) is 22.0 Å². The van der Waals surface area contributed by atoms with Crippen molar-refractivity contribution in [1.29, 1.82) is 0 Å². The number of amides is 1. The van der Waals surface area contributed by atoms with Crippen LogP contribution in [0.15, 0.2) is 59.4 Å². The van der Waals surface area contributed by atoms with Crippen LogP contribution >= 0.6 is 0 Å². The summed E-state index contributed by atoms with van der Waals surface area (Å²) in [5.41, 5.74) is 1.67. The Bertz CT molecular complexity index is 1030. The van der Waals surface area contributed by atoms with Crippen LogP contribution in [0, 0.1) is 6.92 Å². The van der Waals surface area contributed by atoms with Crippen LogP contribution in [0.3, 0.4) is 0 Å². The van der Waals surface area contributed by atoms with Crippen molar-refractivity contribution in [3.8, 4) is 0 Å². The number of rotatable bonds is 4. The summed E-state index contributed by atoms with van der Waals surface area (Å²) >= 11 is 0. The molecule has 0 aliphatic carbocycles. The van der Waals surface area contributed by atoms with Crippen molar-refractivity contribution in [2.24, 2.45) is 0 Å². The lowest BCUT2D eigenvalue weighted by atomic mass is 10.1. The number of fused-ring (bicyclic) bond motifs is 1. The number of benzene rings is 2. The lowest BCUT2D eigenvalue weighted by Crippen LogP contribution is -2.41. The fraction of sp³-hybridized carbons (Fsp3) is 0.200. The molecule has 7 heteroatoms. The number of hydrogen-bond donors (Lipinski definition) is 1. The molecule has 140 valence electrons. The standard InChI is InChI=1S/C20H17F3N2O2/c1-13-7-8-15-10-16(18(26)24-17(15)9-13)12-25(19(27)20(21,22)23)11-14-5-3-2-4-6-14/h2-10H,11-12H2,1H3,(H,24,26). The second-order valence-electron chi connectivity index (χ2n) is 6.36. The van der Waals surface area contributed by atoms with Crippen molar-refractivity contribution < 1.29 is 18.0 Å². The van der Waals surface area contributed by atoms with E-state index in [4.69, 9.17) is 0 Å². The number of H-pyrrole nitrogens is 1. The molecule has 0 spiro atoms. The summed E-state index contributed by atoms with van der Waals surface area (Å²) in [6.07, 6.45) is -5.02. The van der Waals surface area contributed by atoms with Gasteiger partial charge in [-0.25, -0.2) is 0 Å². The first-order valence-electron chi connectivity index (χ1n) is 8.26.